The minimum absolute atomic E-state index is 0.00120. The number of nitrogens with zero attached hydrogens (tertiary/aromatic N) is 2. The summed E-state index contributed by atoms with van der Waals surface area (Å²) >= 11 is 0. The van der Waals surface area contributed by atoms with E-state index in [-0.39, 0.29) is 11.8 Å². The molecule has 122 valence electrons. The molecule has 6 nitrogen and oxygen atoms in total. The summed E-state index contributed by atoms with van der Waals surface area (Å²) in [6, 6.07) is 5.20. The fourth-order valence-corrected chi connectivity index (χ4v) is 2.01. The number of hydrogen-bond acceptors (Lipinski definition) is 6. The molecule has 1 aromatic carbocycles. The summed E-state index contributed by atoms with van der Waals surface area (Å²) in [5.74, 6) is -0.324. The van der Waals surface area contributed by atoms with E-state index in [9.17, 15) is 13.2 Å². The molecule has 0 atom stereocenters. The van der Waals surface area contributed by atoms with Gasteiger partial charge in [-0.15, -0.1) is 0 Å². The molecule has 0 amide bonds. The maximum atomic E-state index is 12.8. The van der Waals surface area contributed by atoms with Gasteiger partial charge in [0.2, 0.25) is 5.95 Å². The predicted octanol–water partition coefficient (Wildman–Crippen LogP) is 3.32. The Balaban J connectivity index is 2.40. The largest absolute Gasteiger partial charge is 0.421 e. The van der Waals surface area contributed by atoms with Crippen LogP contribution in [0.3, 0.4) is 0 Å². The molecule has 0 unspecified atom stereocenters. The van der Waals surface area contributed by atoms with Crippen molar-refractivity contribution in [2.75, 3.05) is 30.0 Å². The van der Waals surface area contributed by atoms with Gasteiger partial charge in [0, 0.05) is 37.8 Å². The molecule has 9 heteroatoms. The first kappa shape index (κ1) is 16.5. The Morgan fingerprint density at radius 3 is 2.39 bits per heavy atom. The van der Waals surface area contributed by atoms with E-state index in [4.69, 9.17) is 5.41 Å². The summed E-state index contributed by atoms with van der Waals surface area (Å²) in [4.78, 5) is 7.54. The third kappa shape index (κ3) is 3.50. The molecule has 0 fully saturated rings. The van der Waals surface area contributed by atoms with Crippen LogP contribution in [0.15, 0.2) is 24.4 Å². The van der Waals surface area contributed by atoms with Gasteiger partial charge in [0.1, 0.15) is 11.4 Å². The van der Waals surface area contributed by atoms with Gasteiger partial charge in [0.05, 0.1) is 5.69 Å². The monoisotopic (exact) mass is 324 g/mol. The summed E-state index contributed by atoms with van der Waals surface area (Å²) in [6.45, 7) is 0. The second-order valence-corrected chi connectivity index (χ2v) is 4.49. The van der Waals surface area contributed by atoms with Crippen LogP contribution in [0.2, 0.25) is 0 Å². The Kier molecular flexibility index (Phi) is 4.68. The average Bonchev–Trinajstić information content (AvgIpc) is 2.53. The zero-order valence-corrected chi connectivity index (χ0v) is 12.4. The van der Waals surface area contributed by atoms with Gasteiger partial charge in [-0.25, -0.2) is 4.98 Å². The van der Waals surface area contributed by atoms with E-state index < -0.39 is 11.7 Å². The topological polar surface area (TPSA) is 85.7 Å². The minimum Gasteiger partial charge on any atom is -0.388 e. The van der Waals surface area contributed by atoms with Crippen molar-refractivity contribution in [1.29, 1.82) is 5.41 Å². The highest BCUT2D eigenvalue weighted by atomic mass is 19.4. The average molecular weight is 324 g/mol. The van der Waals surface area contributed by atoms with Crippen molar-refractivity contribution in [3.63, 3.8) is 0 Å². The van der Waals surface area contributed by atoms with E-state index in [1.54, 1.807) is 25.2 Å². The number of alkyl halides is 3. The van der Waals surface area contributed by atoms with Crippen LogP contribution < -0.4 is 16.0 Å². The Bertz CT molecular complexity index is 714. The van der Waals surface area contributed by atoms with Gasteiger partial charge in [0.15, 0.2) is 0 Å². The standard InChI is InChI=1S/C14H15F3N6/c1-19-10-4-3-5-11(8(10)6-18)22-13-21-7-9(14(15,16)17)12(20-2)23-13/h3-7,18-19H,1-2H3,(H2,20,21,22,23). The maximum absolute atomic E-state index is 12.8. The van der Waals surface area contributed by atoms with Gasteiger partial charge in [-0.1, -0.05) is 6.07 Å². The van der Waals surface area contributed by atoms with Crippen LogP contribution in [-0.4, -0.2) is 30.3 Å². The summed E-state index contributed by atoms with van der Waals surface area (Å²) in [5.41, 5.74) is 0.811. The number of nitrogens with one attached hydrogen (secondary N) is 4. The molecule has 0 aliphatic carbocycles. The molecule has 2 aromatic rings. The van der Waals surface area contributed by atoms with Gasteiger partial charge in [-0.05, 0) is 12.1 Å². The zero-order valence-electron chi connectivity index (χ0n) is 12.4. The van der Waals surface area contributed by atoms with Gasteiger partial charge >= 0.3 is 6.18 Å². The highest BCUT2D eigenvalue weighted by Crippen LogP contribution is 2.34. The fourth-order valence-electron chi connectivity index (χ4n) is 2.01. The van der Waals surface area contributed by atoms with Crippen molar-refractivity contribution in [3.8, 4) is 0 Å². The van der Waals surface area contributed by atoms with E-state index in [1.165, 1.54) is 7.05 Å². The smallest absolute Gasteiger partial charge is 0.388 e. The molecular weight excluding hydrogens is 309 g/mol. The highest BCUT2D eigenvalue weighted by molar-refractivity contribution is 5.94. The first-order valence-electron chi connectivity index (χ1n) is 6.61. The van der Waals surface area contributed by atoms with Crippen molar-refractivity contribution in [3.05, 3.63) is 35.5 Å². The Labute approximate surface area is 130 Å². The number of benzene rings is 1. The van der Waals surface area contributed by atoms with E-state index in [0.29, 0.717) is 23.1 Å². The third-order valence-electron chi connectivity index (χ3n) is 3.10. The summed E-state index contributed by atoms with van der Waals surface area (Å²) < 4.78 is 38.5. The first-order valence-corrected chi connectivity index (χ1v) is 6.61. The third-order valence-corrected chi connectivity index (χ3v) is 3.10. The second kappa shape index (κ2) is 6.51. The van der Waals surface area contributed by atoms with E-state index in [1.807, 2.05) is 0 Å². The Hall–Kier alpha value is -2.84. The number of halogens is 3. The molecule has 0 radical (unpaired) electrons. The first-order chi connectivity index (χ1) is 10.9. The van der Waals surface area contributed by atoms with E-state index in [0.717, 1.165) is 6.21 Å². The molecule has 1 aromatic heterocycles. The van der Waals surface area contributed by atoms with E-state index in [2.05, 4.69) is 25.9 Å². The molecule has 4 N–H and O–H groups in total. The number of aromatic nitrogens is 2. The summed E-state index contributed by atoms with van der Waals surface area (Å²) in [6.07, 6.45) is -2.69. The van der Waals surface area contributed by atoms with Crippen LogP contribution in [0.25, 0.3) is 0 Å². The second-order valence-electron chi connectivity index (χ2n) is 4.49. The minimum atomic E-state index is -4.54. The predicted molar refractivity (Wildman–Crippen MR) is 83.7 cm³/mol. The summed E-state index contributed by atoms with van der Waals surface area (Å²) in [7, 11) is 3.06. The lowest BCUT2D eigenvalue weighted by atomic mass is 10.1. The lowest BCUT2D eigenvalue weighted by Gasteiger charge is -2.14. The van der Waals surface area contributed by atoms with Crippen LogP contribution >= 0.6 is 0 Å². The quantitative estimate of drug-likeness (QED) is 0.634. The Morgan fingerprint density at radius 2 is 1.83 bits per heavy atom. The fraction of sp³-hybridized carbons (Fsp3) is 0.214. The van der Waals surface area contributed by atoms with Crippen LogP contribution in [0, 0.1) is 5.41 Å². The molecular formula is C14H15F3N6. The van der Waals surface area contributed by atoms with Crippen molar-refractivity contribution in [2.45, 2.75) is 6.18 Å². The van der Waals surface area contributed by atoms with E-state index >= 15 is 0 Å². The van der Waals surface area contributed by atoms with Crippen molar-refractivity contribution in [2.24, 2.45) is 0 Å². The van der Waals surface area contributed by atoms with Crippen LogP contribution in [0.5, 0.6) is 0 Å². The zero-order chi connectivity index (χ0) is 17.0. The molecule has 0 saturated carbocycles. The van der Waals surface area contributed by atoms with Crippen LogP contribution in [-0.2, 0) is 6.18 Å². The molecule has 0 saturated heterocycles. The molecule has 2 rings (SSSR count). The lowest BCUT2D eigenvalue weighted by molar-refractivity contribution is -0.137. The lowest BCUT2D eigenvalue weighted by Crippen LogP contribution is -2.13. The highest BCUT2D eigenvalue weighted by Gasteiger charge is 2.35. The molecule has 1 heterocycles. The van der Waals surface area contributed by atoms with Crippen molar-refractivity contribution in [1.82, 2.24) is 9.97 Å². The van der Waals surface area contributed by atoms with Crippen molar-refractivity contribution >= 4 is 29.4 Å². The Morgan fingerprint density at radius 1 is 1.13 bits per heavy atom. The van der Waals surface area contributed by atoms with Gasteiger partial charge in [-0.2, -0.15) is 18.2 Å². The number of anilines is 4. The summed E-state index contributed by atoms with van der Waals surface area (Å²) in [5, 5.41) is 15.7. The molecule has 0 aliphatic rings. The van der Waals surface area contributed by atoms with Gasteiger partial charge in [-0.3, -0.25) is 0 Å². The molecule has 0 spiro atoms. The molecule has 23 heavy (non-hydrogen) atoms. The van der Waals surface area contributed by atoms with Gasteiger partial charge < -0.3 is 21.4 Å². The van der Waals surface area contributed by atoms with Crippen LogP contribution in [0.1, 0.15) is 11.1 Å². The van der Waals surface area contributed by atoms with Crippen molar-refractivity contribution < 1.29 is 13.2 Å². The maximum Gasteiger partial charge on any atom is 0.421 e. The molecule has 0 aliphatic heterocycles. The number of rotatable bonds is 5. The molecule has 0 bridgehead atoms. The van der Waals surface area contributed by atoms with Gasteiger partial charge in [0.25, 0.3) is 0 Å². The normalized spacial score (nSPS) is 11.0. The SMILES string of the molecule is CNc1cccc(Nc2ncc(C(F)(F)F)c(NC)n2)c1C=N. The number of hydrogen-bond donors (Lipinski definition) is 4. The van der Waals surface area contributed by atoms with Crippen LogP contribution in [0.4, 0.5) is 36.3 Å².